The van der Waals surface area contributed by atoms with E-state index in [1.54, 1.807) is 18.3 Å². The number of rotatable bonds is 4. The number of ether oxygens (including phenoxy) is 2. The van der Waals surface area contributed by atoms with E-state index in [2.05, 4.69) is 4.98 Å². The molecule has 0 saturated carbocycles. The van der Waals surface area contributed by atoms with Crippen LogP contribution in [-0.4, -0.2) is 17.6 Å². The van der Waals surface area contributed by atoms with Crippen LogP contribution in [0.2, 0.25) is 0 Å². The number of ketones is 1. The van der Waals surface area contributed by atoms with Crippen LogP contribution < -0.4 is 9.47 Å². The van der Waals surface area contributed by atoms with Crippen LogP contribution >= 0.6 is 11.3 Å². The molecule has 1 aliphatic heterocycles. The van der Waals surface area contributed by atoms with Crippen molar-refractivity contribution in [3.05, 3.63) is 28.6 Å². The van der Waals surface area contributed by atoms with E-state index in [0.717, 1.165) is 27.8 Å². The summed E-state index contributed by atoms with van der Waals surface area (Å²) in [4.78, 5) is 15.5. The van der Waals surface area contributed by atoms with Crippen molar-refractivity contribution in [3.63, 3.8) is 0 Å². The van der Waals surface area contributed by atoms with Crippen molar-refractivity contribution in [1.29, 1.82) is 0 Å². The molecule has 0 amide bonds. The quantitative estimate of drug-likeness (QED) is 0.860. The SMILES string of the molecule is CC(=O)CCc1nc(-c2ccc3c(c2)OCO3)cs1. The van der Waals surface area contributed by atoms with Gasteiger partial charge in [0.1, 0.15) is 5.78 Å². The van der Waals surface area contributed by atoms with Gasteiger partial charge in [-0.1, -0.05) is 0 Å². The van der Waals surface area contributed by atoms with E-state index >= 15 is 0 Å². The number of hydrogen-bond donors (Lipinski definition) is 0. The van der Waals surface area contributed by atoms with E-state index in [0.29, 0.717) is 12.8 Å². The van der Waals surface area contributed by atoms with E-state index in [9.17, 15) is 4.79 Å². The van der Waals surface area contributed by atoms with Crippen LogP contribution in [0.3, 0.4) is 0 Å². The van der Waals surface area contributed by atoms with Crippen LogP contribution in [0.5, 0.6) is 11.5 Å². The Morgan fingerprint density at radius 1 is 1.37 bits per heavy atom. The minimum absolute atomic E-state index is 0.194. The summed E-state index contributed by atoms with van der Waals surface area (Å²) in [6.07, 6.45) is 1.26. The summed E-state index contributed by atoms with van der Waals surface area (Å²) in [5, 5.41) is 3.00. The Balaban J connectivity index is 1.80. The zero-order valence-electron chi connectivity index (χ0n) is 10.5. The van der Waals surface area contributed by atoms with Crippen molar-refractivity contribution in [2.75, 3.05) is 6.79 Å². The van der Waals surface area contributed by atoms with E-state index < -0.39 is 0 Å². The lowest BCUT2D eigenvalue weighted by molar-refractivity contribution is -0.116. The van der Waals surface area contributed by atoms with Gasteiger partial charge in [0.2, 0.25) is 6.79 Å². The van der Waals surface area contributed by atoms with Gasteiger partial charge in [-0.3, -0.25) is 0 Å². The molecule has 2 heterocycles. The van der Waals surface area contributed by atoms with Crippen LogP contribution in [0.15, 0.2) is 23.6 Å². The first kappa shape index (κ1) is 12.2. The lowest BCUT2D eigenvalue weighted by Gasteiger charge is -1.99. The second kappa shape index (κ2) is 5.01. The second-order valence-electron chi connectivity index (χ2n) is 4.40. The van der Waals surface area contributed by atoms with Gasteiger partial charge in [0, 0.05) is 23.8 Å². The van der Waals surface area contributed by atoms with Gasteiger partial charge < -0.3 is 14.3 Å². The van der Waals surface area contributed by atoms with E-state index in [-0.39, 0.29) is 12.6 Å². The fraction of sp³-hybridized carbons (Fsp3) is 0.286. The molecule has 19 heavy (non-hydrogen) atoms. The van der Waals surface area contributed by atoms with Crippen molar-refractivity contribution in [1.82, 2.24) is 4.98 Å². The molecule has 3 rings (SSSR count). The van der Waals surface area contributed by atoms with Gasteiger partial charge >= 0.3 is 0 Å². The lowest BCUT2D eigenvalue weighted by Crippen LogP contribution is -1.93. The molecule has 4 nitrogen and oxygen atoms in total. The standard InChI is InChI=1S/C14H13NO3S/c1-9(16)2-5-14-15-11(7-19-14)10-3-4-12-13(6-10)18-8-17-12/h3-4,6-7H,2,5,8H2,1H3. The molecular weight excluding hydrogens is 262 g/mol. The highest BCUT2D eigenvalue weighted by molar-refractivity contribution is 7.09. The first-order valence-corrected chi connectivity index (χ1v) is 6.94. The number of fused-ring (bicyclic) bond motifs is 1. The highest BCUT2D eigenvalue weighted by Gasteiger charge is 2.15. The predicted octanol–water partition coefficient (Wildman–Crippen LogP) is 3.06. The first-order chi connectivity index (χ1) is 9.22. The fourth-order valence-corrected chi connectivity index (χ4v) is 2.70. The molecule has 0 aliphatic carbocycles. The summed E-state index contributed by atoms with van der Waals surface area (Å²) in [6, 6.07) is 5.80. The average molecular weight is 275 g/mol. The summed E-state index contributed by atoms with van der Waals surface area (Å²) in [6.45, 7) is 1.88. The molecule has 0 N–H and O–H groups in total. The Morgan fingerprint density at radius 2 is 2.21 bits per heavy atom. The maximum absolute atomic E-state index is 11.0. The Kier molecular flexibility index (Phi) is 3.21. The van der Waals surface area contributed by atoms with Gasteiger partial charge in [0.25, 0.3) is 0 Å². The molecule has 0 spiro atoms. The first-order valence-electron chi connectivity index (χ1n) is 6.06. The number of aryl methyl sites for hydroxylation is 1. The molecular formula is C14H13NO3S. The number of hydrogen-bond acceptors (Lipinski definition) is 5. The van der Waals surface area contributed by atoms with Crippen LogP contribution in [0.25, 0.3) is 11.3 Å². The fourth-order valence-electron chi connectivity index (χ4n) is 1.90. The lowest BCUT2D eigenvalue weighted by atomic mass is 10.1. The summed E-state index contributed by atoms with van der Waals surface area (Å²) in [7, 11) is 0. The Labute approximate surface area is 115 Å². The summed E-state index contributed by atoms with van der Waals surface area (Å²) in [5.41, 5.74) is 1.93. The molecule has 0 bridgehead atoms. The number of nitrogens with zero attached hydrogens (tertiary/aromatic N) is 1. The minimum atomic E-state index is 0.194. The number of Topliss-reactive ketones (excluding diaryl/α,β-unsaturated/α-hetero) is 1. The summed E-state index contributed by atoms with van der Waals surface area (Å²) in [5.74, 6) is 1.73. The summed E-state index contributed by atoms with van der Waals surface area (Å²) < 4.78 is 10.6. The molecule has 0 fully saturated rings. The molecule has 0 saturated heterocycles. The van der Waals surface area contributed by atoms with Crippen molar-refractivity contribution >= 4 is 17.1 Å². The van der Waals surface area contributed by atoms with Gasteiger partial charge in [-0.15, -0.1) is 11.3 Å². The third-order valence-electron chi connectivity index (χ3n) is 2.91. The van der Waals surface area contributed by atoms with E-state index in [1.165, 1.54) is 0 Å². The van der Waals surface area contributed by atoms with Gasteiger partial charge in [0.05, 0.1) is 10.7 Å². The van der Waals surface area contributed by atoms with Crippen LogP contribution in [0.1, 0.15) is 18.4 Å². The number of thiazole rings is 1. The van der Waals surface area contributed by atoms with Crippen molar-refractivity contribution in [3.8, 4) is 22.8 Å². The van der Waals surface area contributed by atoms with Crippen LogP contribution in [0, 0.1) is 0 Å². The third kappa shape index (κ3) is 2.61. The molecule has 1 aromatic carbocycles. The van der Waals surface area contributed by atoms with Crippen molar-refractivity contribution in [2.24, 2.45) is 0 Å². The van der Waals surface area contributed by atoms with Gasteiger partial charge in [-0.2, -0.15) is 0 Å². The maximum Gasteiger partial charge on any atom is 0.231 e. The number of aromatic nitrogens is 1. The Hall–Kier alpha value is -1.88. The summed E-state index contributed by atoms with van der Waals surface area (Å²) >= 11 is 1.58. The Morgan fingerprint density at radius 3 is 3.05 bits per heavy atom. The molecule has 0 radical (unpaired) electrons. The smallest absolute Gasteiger partial charge is 0.231 e. The van der Waals surface area contributed by atoms with Crippen molar-refractivity contribution in [2.45, 2.75) is 19.8 Å². The van der Waals surface area contributed by atoms with E-state index in [4.69, 9.17) is 9.47 Å². The number of benzene rings is 1. The zero-order valence-corrected chi connectivity index (χ0v) is 11.3. The molecule has 1 aromatic heterocycles. The second-order valence-corrected chi connectivity index (χ2v) is 5.34. The van der Waals surface area contributed by atoms with Gasteiger partial charge in [0.15, 0.2) is 11.5 Å². The van der Waals surface area contributed by atoms with Gasteiger partial charge in [-0.05, 0) is 25.1 Å². The molecule has 1 aliphatic rings. The average Bonchev–Trinajstić information content (AvgIpc) is 3.04. The molecule has 2 aromatic rings. The number of carbonyl (C=O) groups is 1. The monoisotopic (exact) mass is 275 g/mol. The normalized spacial score (nSPS) is 12.7. The van der Waals surface area contributed by atoms with Crippen molar-refractivity contribution < 1.29 is 14.3 Å². The minimum Gasteiger partial charge on any atom is -0.454 e. The van der Waals surface area contributed by atoms with Crippen LogP contribution in [-0.2, 0) is 11.2 Å². The molecule has 0 unspecified atom stereocenters. The van der Waals surface area contributed by atoms with E-state index in [1.807, 2.05) is 23.6 Å². The molecule has 98 valence electrons. The highest BCUT2D eigenvalue weighted by Crippen LogP contribution is 2.36. The number of carbonyl (C=O) groups excluding carboxylic acids is 1. The Bertz CT molecular complexity index is 621. The van der Waals surface area contributed by atoms with Gasteiger partial charge in [-0.25, -0.2) is 4.98 Å². The topological polar surface area (TPSA) is 48.4 Å². The highest BCUT2D eigenvalue weighted by atomic mass is 32.1. The third-order valence-corrected chi connectivity index (χ3v) is 3.82. The predicted molar refractivity (Wildman–Crippen MR) is 72.7 cm³/mol. The zero-order chi connectivity index (χ0) is 13.2. The molecule has 5 heteroatoms. The van der Waals surface area contributed by atoms with Crippen LogP contribution in [0.4, 0.5) is 0 Å². The molecule has 0 atom stereocenters. The largest absolute Gasteiger partial charge is 0.454 e. The maximum atomic E-state index is 11.0.